The zero-order valence-electron chi connectivity index (χ0n) is 12.2. The number of nitrogens with zero attached hydrogens (tertiary/aromatic N) is 3. The zero-order chi connectivity index (χ0) is 13.1. The molecule has 1 atom stereocenters. The number of aromatic nitrogens is 2. The molecule has 0 aromatic carbocycles. The predicted octanol–water partition coefficient (Wildman–Crippen LogP) is 3.42. The van der Waals surface area contributed by atoms with E-state index < -0.39 is 0 Å². The van der Waals surface area contributed by atoms with Crippen LogP contribution < -0.4 is 0 Å². The summed E-state index contributed by atoms with van der Waals surface area (Å²) in [4.78, 5) is 7.18. The second kappa shape index (κ2) is 6.08. The fourth-order valence-electron chi connectivity index (χ4n) is 3.86. The first-order chi connectivity index (χ1) is 9.34. The molecule has 3 heteroatoms. The van der Waals surface area contributed by atoms with Crippen molar-refractivity contribution in [2.45, 2.75) is 69.9 Å². The second-order valence-corrected chi connectivity index (χ2v) is 6.38. The number of imidazole rings is 1. The van der Waals surface area contributed by atoms with Crippen molar-refractivity contribution in [1.82, 2.24) is 14.5 Å². The molecule has 2 aliphatic rings. The highest BCUT2D eigenvalue weighted by Crippen LogP contribution is 2.32. The molecule has 1 aliphatic heterocycles. The van der Waals surface area contributed by atoms with E-state index in [0.717, 1.165) is 18.5 Å². The maximum atomic E-state index is 4.65. The van der Waals surface area contributed by atoms with Crippen LogP contribution >= 0.6 is 0 Å². The van der Waals surface area contributed by atoms with Gasteiger partial charge in [0.1, 0.15) is 5.82 Å². The van der Waals surface area contributed by atoms with Gasteiger partial charge in [-0.05, 0) is 45.7 Å². The standard InChI is InChI=1S/C16H27N3/c1-18-11-5-8-15(18)9-12-19-13-10-17-16(19)14-6-3-2-4-7-14/h10,13-15H,2-9,11-12H2,1H3/t15-/m0/s1. The average Bonchev–Trinajstić information content (AvgIpc) is 3.06. The van der Waals surface area contributed by atoms with Gasteiger partial charge in [0.2, 0.25) is 0 Å². The Balaban J connectivity index is 1.60. The molecule has 2 fully saturated rings. The third-order valence-electron chi connectivity index (χ3n) is 5.09. The summed E-state index contributed by atoms with van der Waals surface area (Å²) in [5.41, 5.74) is 0. The largest absolute Gasteiger partial charge is 0.335 e. The van der Waals surface area contributed by atoms with E-state index in [1.54, 1.807) is 0 Å². The summed E-state index contributed by atoms with van der Waals surface area (Å²) < 4.78 is 2.43. The summed E-state index contributed by atoms with van der Waals surface area (Å²) in [6.45, 7) is 2.44. The summed E-state index contributed by atoms with van der Waals surface area (Å²) in [6.07, 6.45) is 15.1. The monoisotopic (exact) mass is 261 g/mol. The van der Waals surface area contributed by atoms with E-state index in [2.05, 4.69) is 27.7 Å². The van der Waals surface area contributed by atoms with Crippen molar-refractivity contribution in [3.63, 3.8) is 0 Å². The number of hydrogen-bond acceptors (Lipinski definition) is 2. The lowest BCUT2D eigenvalue weighted by atomic mass is 9.88. The maximum absolute atomic E-state index is 4.65. The molecule has 2 heterocycles. The van der Waals surface area contributed by atoms with Crippen LogP contribution in [0, 0.1) is 0 Å². The Bertz CT molecular complexity index is 392. The molecule has 0 spiro atoms. The van der Waals surface area contributed by atoms with Gasteiger partial charge >= 0.3 is 0 Å². The maximum Gasteiger partial charge on any atom is 0.111 e. The molecular weight excluding hydrogens is 234 g/mol. The van der Waals surface area contributed by atoms with Crippen LogP contribution in [0.4, 0.5) is 0 Å². The van der Waals surface area contributed by atoms with Crippen molar-refractivity contribution in [3.8, 4) is 0 Å². The fourth-order valence-corrected chi connectivity index (χ4v) is 3.86. The van der Waals surface area contributed by atoms with Gasteiger partial charge in [0.15, 0.2) is 0 Å². The minimum Gasteiger partial charge on any atom is -0.335 e. The van der Waals surface area contributed by atoms with Crippen LogP contribution in [0.25, 0.3) is 0 Å². The molecule has 1 aromatic heterocycles. The van der Waals surface area contributed by atoms with Crippen molar-refractivity contribution < 1.29 is 0 Å². The summed E-state index contributed by atoms with van der Waals surface area (Å²) >= 11 is 0. The Kier molecular flexibility index (Phi) is 4.21. The van der Waals surface area contributed by atoms with Gasteiger partial charge in [0, 0.05) is 30.9 Å². The van der Waals surface area contributed by atoms with Gasteiger partial charge in [-0.3, -0.25) is 0 Å². The molecule has 1 aliphatic carbocycles. The van der Waals surface area contributed by atoms with E-state index in [4.69, 9.17) is 0 Å². The number of likely N-dealkylation sites (tertiary alicyclic amines) is 1. The van der Waals surface area contributed by atoms with E-state index >= 15 is 0 Å². The smallest absolute Gasteiger partial charge is 0.111 e. The molecule has 0 radical (unpaired) electrons. The first-order valence-electron chi connectivity index (χ1n) is 8.06. The van der Waals surface area contributed by atoms with Crippen LogP contribution in [0.5, 0.6) is 0 Å². The van der Waals surface area contributed by atoms with Crippen LogP contribution in [0.2, 0.25) is 0 Å². The Morgan fingerprint density at radius 2 is 2.00 bits per heavy atom. The highest BCUT2D eigenvalue weighted by atomic mass is 15.2. The van der Waals surface area contributed by atoms with E-state index in [1.807, 2.05) is 6.20 Å². The fraction of sp³-hybridized carbons (Fsp3) is 0.812. The van der Waals surface area contributed by atoms with E-state index in [-0.39, 0.29) is 0 Å². The lowest BCUT2D eigenvalue weighted by molar-refractivity contribution is 0.283. The molecule has 0 bridgehead atoms. The predicted molar refractivity (Wildman–Crippen MR) is 78.3 cm³/mol. The van der Waals surface area contributed by atoms with Crippen molar-refractivity contribution in [1.29, 1.82) is 0 Å². The molecule has 1 aromatic rings. The average molecular weight is 261 g/mol. The van der Waals surface area contributed by atoms with Gasteiger partial charge in [0.25, 0.3) is 0 Å². The Labute approximate surface area is 117 Å². The SMILES string of the molecule is CN1CCC[C@H]1CCn1ccnc1C1CCCCC1. The van der Waals surface area contributed by atoms with Crippen LogP contribution in [0.3, 0.4) is 0 Å². The van der Waals surface area contributed by atoms with E-state index in [1.165, 1.54) is 63.7 Å². The van der Waals surface area contributed by atoms with Gasteiger partial charge < -0.3 is 9.47 Å². The molecular formula is C16H27N3. The lowest BCUT2D eigenvalue weighted by Gasteiger charge is -2.24. The third kappa shape index (κ3) is 3.02. The Morgan fingerprint density at radius 1 is 1.16 bits per heavy atom. The first-order valence-corrected chi connectivity index (χ1v) is 8.06. The molecule has 1 saturated carbocycles. The molecule has 106 valence electrons. The molecule has 0 unspecified atom stereocenters. The summed E-state index contributed by atoms with van der Waals surface area (Å²) in [6, 6.07) is 0.793. The topological polar surface area (TPSA) is 21.1 Å². The van der Waals surface area contributed by atoms with Gasteiger partial charge in [-0.2, -0.15) is 0 Å². The molecule has 3 rings (SSSR count). The quantitative estimate of drug-likeness (QED) is 0.828. The van der Waals surface area contributed by atoms with Crippen LogP contribution in [0.1, 0.15) is 63.1 Å². The molecule has 1 saturated heterocycles. The van der Waals surface area contributed by atoms with Crippen molar-refractivity contribution in [2.75, 3.05) is 13.6 Å². The minimum atomic E-state index is 0.727. The normalized spacial score (nSPS) is 26.1. The van der Waals surface area contributed by atoms with Crippen LogP contribution in [-0.2, 0) is 6.54 Å². The van der Waals surface area contributed by atoms with Crippen molar-refractivity contribution >= 4 is 0 Å². The molecule has 0 N–H and O–H groups in total. The van der Waals surface area contributed by atoms with Crippen LogP contribution in [0.15, 0.2) is 12.4 Å². The lowest BCUT2D eigenvalue weighted by Crippen LogP contribution is -2.26. The number of rotatable bonds is 4. The second-order valence-electron chi connectivity index (χ2n) is 6.38. The first kappa shape index (κ1) is 13.2. The summed E-state index contributed by atoms with van der Waals surface area (Å²) in [5.74, 6) is 2.09. The minimum absolute atomic E-state index is 0.727. The zero-order valence-corrected chi connectivity index (χ0v) is 12.2. The highest BCUT2D eigenvalue weighted by molar-refractivity contribution is 5.02. The molecule has 3 nitrogen and oxygen atoms in total. The van der Waals surface area contributed by atoms with Crippen molar-refractivity contribution in [2.24, 2.45) is 0 Å². The number of aryl methyl sites for hydroxylation is 1. The van der Waals surface area contributed by atoms with Gasteiger partial charge in [-0.15, -0.1) is 0 Å². The molecule has 19 heavy (non-hydrogen) atoms. The van der Waals surface area contributed by atoms with Crippen molar-refractivity contribution in [3.05, 3.63) is 18.2 Å². The third-order valence-corrected chi connectivity index (χ3v) is 5.09. The Hall–Kier alpha value is -0.830. The van der Waals surface area contributed by atoms with Crippen LogP contribution in [-0.4, -0.2) is 34.1 Å². The summed E-state index contributed by atoms with van der Waals surface area (Å²) in [7, 11) is 2.27. The van der Waals surface area contributed by atoms with Gasteiger partial charge in [-0.1, -0.05) is 19.3 Å². The number of hydrogen-bond donors (Lipinski definition) is 0. The van der Waals surface area contributed by atoms with Gasteiger partial charge in [0.05, 0.1) is 0 Å². The van der Waals surface area contributed by atoms with Gasteiger partial charge in [-0.25, -0.2) is 4.98 Å². The Morgan fingerprint density at radius 3 is 2.74 bits per heavy atom. The van der Waals surface area contributed by atoms with E-state index in [9.17, 15) is 0 Å². The molecule has 0 amide bonds. The summed E-state index contributed by atoms with van der Waals surface area (Å²) in [5, 5.41) is 0. The highest BCUT2D eigenvalue weighted by Gasteiger charge is 2.23. The van der Waals surface area contributed by atoms with E-state index in [0.29, 0.717) is 0 Å².